The zero-order valence-electron chi connectivity index (χ0n) is 11.3. The Labute approximate surface area is 138 Å². The molecule has 6 nitrogen and oxygen atoms in total. The Bertz CT molecular complexity index is 432. The van der Waals surface area contributed by atoms with E-state index in [0.29, 0.717) is 0 Å². The average Bonchev–Trinajstić information content (AvgIpc) is 2.52. The topological polar surface area (TPSA) is 94.6 Å². The fraction of sp³-hybridized carbons (Fsp3) is 0.583. The lowest BCUT2D eigenvalue weighted by atomic mass is 9.75. The molecule has 0 aromatic carbocycles. The van der Waals surface area contributed by atoms with Crippen LogP contribution >= 0.6 is 37.9 Å². The van der Waals surface area contributed by atoms with Crippen molar-refractivity contribution >= 4 is 67.0 Å². The van der Waals surface area contributed by atoms with Gasteiger partial charge in [-0.15, -0.1) is 0 Å². The first-order valence-corrected chi connectivity index (χ1v) is 7.83. The third-order valence-electron chi connectivity index (χ3n) is 2.88. The molecule has 0 spiro atoms. The smallest absolute Gasteiger partial charge is 0.315 e. The molecule has 9 heteroatoms. The van der Waals surface area contributed by atoms with E-state index < -0.39 is 52.6 Å². The molecule has 0 N–H and O–H groups in total. The summed E-state index contributed by atoms with van der Waals surface area (Å²) in [4.78, 5) is 58.7. The number of rotatable bonds is 10. The van der Waals surface area contributed by atoms with Crippen LogP contribution in [-0.2, 0) is 28.7 Å². The number of carbonyl (C=O) groups excluding carboxylic acids is 5. The summed E-state index contributed by atoms with van der Waals surface area (Å²) in [7, 11) is 0. The van der Waals surface area contributed by atoms with E-state index in [0.717, 1.165) is 0 Å². The Hall–Kier alpha value is -0.800. The van der Waals surface area contributed by atoms with Crippen LogP contribution in [0.3, 0.4) is 0 Å². The number of thiol groups is 3. The van der Waals surface area contributed by atoms with Crippen LogP contribution in [0.4, 0.5) is 0 Å². The Morgan fingerprint density at radius 3 is 1.57 bits per heavy atom. The molecular formula is C12H16O6S3. The predicted octanol–water partition coefficient (Wildman–Crippen LogP) is -0.00820. The van der Waals surface area contributed by atoms with E-state index >= 15 is 0 Å². The largest absolute Gasteiger partial charge is 0.463 e. The first-order valence-electron chi connectivity index (χ1n) is 5.94. The van der Waals surface area contributed by atoms with Crippen molar-refractivity contribution < 1.29 is 28.7 Å². The molecule has 0 heterocycles. The molecule has 0 aliphatic heterocycles. The maximum atomic E-state index is 12.2. The highest BCUT2D eigenvalue weighted by molar-refractivity contribution is 7.81. The Balaban J connectivity index is 5.63. The summed E-state index contributed by atoms with van der Waals surface area (Å²) in [6.45, 7) is 0.765. The quantitative estimate of drug-likeness (QED) is 0.222. The zero-order chi connectivity index (χ0) is 16.6. The van der Waals surface area contributed by atoms with Gasteiger partial charge in [0.15, 0.2) is 0 Å². The fourth-order valence-corrected chi connectivity index (χ4v) is 1.96. The van der Waals surface area contributed by atoms with Gasteiger partial charge in [-0.05, 0) is 6.42 Å². The number of carbonyl (C=O) groups is 5. The maximum absolute atomic E-state index is 12.2. The lowest BCUT2D eigenvalue weighted by Gasteiger charge is -2.27. The van der Waals surface area contributed by atoms with Crippen molar-refractivity contribution in [2.45, 2.75) is 13.3 Å². The van der Waals surface area contributed by atoms with E-state index in [1.54, 1.807) is 0 Å². The van der Waals surface area contributed by atoms with Crippen molar-refractivity contribution in [1.82, 2.24) is 0 Å². The van der Waals surface area contributed by atoms with E-state index in [1.165, 1.54) is 6.92 Å². The minimum absolute atomic E-state index is 0.163. The predicted molar refractivity (Wildman–Crippen MR) is 85.3 cm³/mol. The van der Waals surface area contributed by atoms with E-state index in [2.05, 4.69) is 37.9 Å². The van der Waals surface area contributed by atoms with Gasteiger partial charge in [0.05, 0.1) is 17.3 Å². The van der Waals surface area contributed by atoms with E-state index in [9.17, 15) is 24.0 Å². The second-order valence-corrected chi connectivity index (χ2v) is 5.02. The summed E-state index contributed by atoms with van der Waals surface area (Å²) in [5.41, 5.74) is -2.02. The van der Waals surface area contributed by atoms with Gasteiger partial charge in [-0.1, -0.05) is 6.92 Å². The molecule has 0 saturated heterocycles. The fourth-order valence-electron chi connectivity index (χ4n) is 1.58. The second-order valence-electron chi connectivity index (χ2n) is 4.08. The van der Waals surface area contributed by atoms with Gasteiger partial charge >= 0.3 is 5.97 Å². The summed E-state index contributed by atoms with van der Waals surface area (Å²) in [6.07, 6.45) is -0.163. The number of esters is 1. The molecule has 0 amide bonds. The minimum atomic E-state index is -2.02. The zero-order valence-corrected chi connectivity index (χ0v) is 14.0. The standard InChI is InChI=1S/C12H16O6S3/c1-2-12(6-18-9(15)5-21,10(16)7(13)3-19)11(17)8(14)4-20/h19-21H,2-6H2,1H3. The molecule has 0 saturated carbocycles. The first-order chi connectivity index (χ1) is 9.80. The van der Waals surface area contributed by atoms with Crippen LogP contribution in [0.1, 0.15) is 13.3 Å². The monoisotopic (exact) mass is 352 g/mol. The van der Waals surface area contributed by atoms with E-state index in [4.69, 9.17) is 4.74 Å². The van der Waals surface area contributed by atoms with Gasteiger partial charge in [-0.25, -0.2) is 0 Å². The molecule has 0 aliphatic rings. The van der Waals surface area contributed by atoms with Gasteiger partial charge in [0.25, 0.3) is 0 Å². The third-order valence-corrected chi connectivity index (χ3v) is 3.71. The van der Waals surface area contributed by atoms with Crippen molar-refractivity contribution in [1.29, 1.82) is 0 Å². The van der Waals surface area contributed by atoms with Crippen LogP contribution < -0.4 is 0 Å². The van der Waals surface area contributed by atoms with Gasteiger partial charge in [-0.2, -0.15) is 37.9 Å². The van der Waals surface area contributed by atoms with Crippen molar-refractivity contribution in [3.63, 3.8) is 0 Å². The molecule has 118 valence electrons. The van der Waals surface area contributed by atoms with Crippen molar-refractivity contribution in [3.05, 3.63) is 0 Å². The second kappa shape index (κ2) is 9.26. The Morgan fingerprint density at radius 2 is 1.29 bits per heavy atom. The summed E-state index contributed by atoms with van der Waals surface area (Å²) in [5, 5.41) is 0. The van der Waals surface area contributed by atoms with E-state index in [-0.39, 0.29) is 12.2 Å². The van der Waals surface area contributed by atoms with Gasteiger partial charge in [0, 0.05) is 0 Å². The van der Waals surface area contributed by atoms with Crippen LogP contribution in [0.5, 0.6) is 0 Å². The molecule has 0 radical (unpaired) electrons. The molecule has 0 rings (SSSR count). The van der Waals surface area contributed by atoms with Crippen LogP contribution in [-0.4, -0.2) is 53.0 Å². The molecule has 0 unspecified atom stereocenters. The number of ether oxygens (including phenoxy) is 1. The Morgan fingerprint density at radius 1 is 0.857 bits per heavy atom. The number of hydrogen-bond donors (Lipinski definition) is 3. The van der Waals surface area contributed by atoms with Crippen LogP contribution in [0, 0.1) is 5.41 Å². The molecule has 0 bridgehead atoms. The maximum Gasteiger partial charge on any atom is 0.315 e. The average molecular weight is 352 g/mol. The van der Waals surface area contributed by atoms with Crippen LogP contribution in [0.25, 0.3) is 0 Å². The highest BCUT2D eigenvalue weighted by Crippen LogP contribution is 2.27. The molecule has 0 aliphatic carbocycles. The lowest BCUT2D eigenvalue weighted by molar-refractivity contribution is -0.159. The third kappa shape index (κ3) is 4.86. The van der Waals surface area contributed by atoms with Crippen molar-refractivity contribution in [2.75, 3.05) is 23.9 Å². The molecule has 0 atom stereocenters. The van der Waals surface area contributed by atoms with Gasteiger partial charge in [0.2, 0.25) is 23.1 Å². The normalized spacial score (nSPS) is 10.9. The molecule has 0 aromatic heterocycles. The highest BCUT2D eigenvalue weighted by Gasteiger charge is 2.49. The summed E-state index contributed by atoms with van der Waals surface area (Å²) < 4.78 is 4.77. The van der Waals surface area contributed by atoms with E-state index in [1.807, 2.05) is 0 Å². The summed E-state index contributed by atoms with van der Waals surface area (Å²) in [6, 6.07) is 0. The number of ketones is 4. The summed E-state index contributed by atoms with van der Waals surface area (Å²) in [5.74, 6) is -5.90. The minimum Gasteiger partial charge on any atom is -0.463 e. The lowest BCUT2D eigenvalue weighted by Crippen LogP contribution is -2.50. The Kier molecular flexibility index (Phi) is 8.91. The molecule has 21 heavy (non-hydrogen) atoms. The number of Topliss-reactive ketones (excluding diaryl/α,β-unsaturated/α-hetero) is 4. The van der Waals surface area contributed by atoms with Crippen molar-refractivity contribution in [2.24, 2.45) is 5.41 Å². The highest BCUT2D eigenvalue weighted by atomic mass is 32.1. The molecular weight excluding hydrogens is 336 g/mol. The van der Waals surface area contributed by atoms with Gasteiger partial charge < -0.3 is 4.74 Å². The van der Waals surface area contributed by atoms with Crippen molar-refractivity contribution in [3.8, 4) is 0 Å². The first kappa shape index (κ1) is 20.2. The molecule has 0 aromatic rings. The summed E-state index contributed by atoms with van der Waals surface area (Å²) >= 11 is 11.1. The number of hydrogen-bond acceptors (Lipinski definition) is 9. The van der Waals surface area contributed by atoms with Crippen LogP contribution in [0.2, 0.25) is 0 Å². The molecule has 0 fully saturated rings. The van der Waals surface area contributed by atoms with Gasteiger partial charge in [0.1, 0.15) is 12.0 Å². The van der Waals surface area contributed by atoms with Crippen LogP contribution in [0.15, 0.2) is 0 Å². The van der Waals surface area contributed by atoms with Gasteiger partial charge in [-0.3, -0.25) is 24.0 Å². The SMILES string of the molecule is CCC(COC(=O)CS)(C(=O)C(=O)CS)C(=O)C(=O)CS.